The van der Waals surface area contributed by atoms with Crippen LogP contribution in [0.2, 0.25) is 0 Å². The minimum absolute atomic E-state index is 0.142. The SMILES string of the molecule is CCCc1cccn1C.CCCc1cnc(C)o1.CCCc1cnco1.CCCc1nc(C)co1.CCCc1ncc(C)o1.CCCc1ncco1.CNCc1ccc(F)cc1.CNCc1ccccc1F.CNCc1ccncn1.CNCc1cnccn1.CNCc1ncccn1. The number of hydrogen-bond acceptors (Lipinski definition) is 21. The van der Waals surface area contributed by atoms with Gasteiger partial charge in [-0.2, -0.15) is 0 Å². The van der Waals surface area contributed by atoms with Gasteiger partial charge in [0, 0.05) is 127 Å². The van der Waals surface area contributed by atoms with Gasteiger partial charge in [0.2, 0.25) is 0 Å². The van der Waals surface area contributed by atoms with Crippen LogP contribution in [0.15, 0.2) is 188 Å². The molecule has 99 heavy (non-hydrogen) atoms. The van der Waals surface area contributed by atoms with Crippen molar-refractivity contribution in [3.63, 3.8) is 0 Å². The van der Waals surface area contributed by atoms with Crippen LogP contribution in [0.1, 0.15) is 161 Å². The summed E-state index contributed by atoms with van der Waals surface area (Å²) < 4.78 is 52.7. The summed E-state index contributed by atoms with van der Waals surface area (Å²) in [5.74, 6) is 6.70. The normalized spacial score (nSPS) is 9.75. The number of halogens is 2. The predicted octanol–water partition coefficient (Wildman–Crippen LogP) is 14.7. The maximum atomic E-state index is 12.7. The summed E-state index contributed by atoms with van der Waals surface area (Å²) >= 11 is 0. The highest BCUT2D eigenvalue weighted by Crippen LogP contribution is 2.08. The molecule has 0 saturated carbocycles. The molecule has 0 atom stereocenters. The van der Waals surface area contributed by atoms with Gasteiger partial charge < -0.3 is 53.2 Å². The number of benzene rings is 2. The van der Waals surface area contributed by atoms with Crippen molar-refractivity contribution in [2.24, 2.45) is 7.05 Å². The number of nitrogens with one attached hydrogen (secondary N) is 5. The van der Waals surface area contributed by atoms with Crippen LogP contribution in [0.5, 0.6) is 0 Å². The zero-order chi connectivity index (χ0) is 72.8. The molecule has 9 aromatic heterocycles. The van der Waals surface area contributed by atoms with Crippen LogP contribution in [-0.4, -0.2) is 94.6 Å². The molecule has 0 aliphatic heterocycles. The van der Waals surface area contributed by atoms with Crippen molar-refractivity contribution < 1.29 is 30.9 Å². The van der Waals surface area contributed by atoms with Gasteiger partial charge in [0.1, 0.15) is 53.6 Å². The van der Waals surface area contributed by atoms with Gasteiger partial charge in [0.15, 0.2) is 30.0 Å². The van der Waals surface area contributed by atoms with Gasteiger partial charge in [-0.3, -0.25) is 9.97 Å². The topological polar surface area (TPSA) is 273 Å². The maximum Gasteiger partial charge on any atom is 0.194 e. The van der Waals surface area contributed by atoms with E-state index < -0.39 is 0 Å². The third-order valence-electron chi connectivity index (χ3n) is 12.5. The number of hydrogen-bond donors (Lipinski definition) is 5. The van der Waals surface area contributed by atoms with Gasteiger partial charge >= 0.3 is 0 Å². The summed E-state index contributed by atoms with van der Waals surface area (Å²) in [6.45, 7) is 22.2. The number of oxazole rings is 5. The van der Waals surface area contributed by atoms with Crippen molar-refractivity contribution in [2.45, 2.75) is 172 Å². The largest absolute Gasteiger partial charge is 0.449 e. The van der Waals surface area contributed by atoms with Crippen LogP contribution in [0.4, 0.5) is 8.78 Å². The lowest BCUT2D eigenvalue weighted by Crippen LogP contribution is -2.07. The van der Waals surface area contributed by atoms with E-state index in [0.29, 0.717) is 12.1 Å². The van der Waals surface area contributed by atoms with E-state index in [9.17, 15) is 8.78 Å². The van der Waals surface area contributed by atoms with Gasteiger partial charge in [-0.1, -0.05) is 78.3 Å². The van der Waals surface area contributed by atoms with Gasteiger partial charge in [0.25, 0.3) is 0 Å². The lowest BCUT2D eigenvalue weighted by Gasteiger charge is -1.99. The molecule has 24 heteroatoms. The van der Waals surface area contributed by atoms with Crippen molar-refractivity contribution in [3.8, 4) is 0 Å². The average molecular weight is 1370 g/mol. The average Bonchev–Trinajstić information content (AvgIpc) is 2.70. The van der Waals surface area contributed by atoms with Crippen molar-refractivity contribution in [3.05, 3.63) is 258 Å². The lowest BCUT2D eigenvalue weighted by atomic mass is 10.2. The van der Waals surface area contributed by atoms with Crippen LogP contribution in [0, 0.1) is 32.4 Å². The Balaban J connectivity index is 0.000000545. The van der Waals surface area contributed by atoms with E-state index in [2.05, 4.69) is 153 Å². The van der Waals surface area contributed by atoms with Gasteiger partial charge in [0.05, 0.1) is 48.4 Å². The quantitative estimate of drug-likeness (QED) is 0.0422. The summed E-state index contributed by atoms with van der Waals surface area (Å²) in [5.41, 5.74) is 6.21. The first-order chi connectivity index (χ1) is 48.1. The molecular formula is C75H111F2N17O5. The summed E-state index contributed by atoms with van der Waals surface area (Å²) in [4.78, 5) is 43.6. The lowest BCUT2D eigenvalue weighted by molar-refractivity contribution is 0.468. The van der Waals surface area contributed by atoms with Gasteiger partial charge in [-0.15, -0.1) is 0 Å². The highest BCUT2D eigenvalue weighted by molar-refractivity contribution is 5.17. The third-order valence-corrected chi connectivity index (χ3v) is 12.5. The van der Waals surface area contributed by atoms with Gasteiger partial charge in [-0.05, 0) is 136 Å². The van der Waals surface area contributed by atoms with E-state index in [1.54, 1.807) is 118 Å². The monoisotopic (exact) mass is 1370 g/mol. The fourth-order valence-corrected chi connectivity index (χ4v) is 7.87. The highest BCUT2D eigenvalue weighted by atomic mass is 19.1. The standard InChI is InChI=1S/2C8H10FN.C8H13N.3C7H11NO.3C6H9N3.2C6H9NO/c1-10-6-7-2-4-8(9)5-3-7;1-10-6-7-4-2-3-5-8(7)9;1-3-5-8-6-4-7-9(8)2;1-3-4-7-5-8-6(2)9-7;1-3-4-7-8-6(2)5-9-7;1-3-4-7-8-5-6(2)9-7;1-7-4-6-5-8-2-3-9-6;1-7-4-6-2-3-8-5-9-6;1-7-5-6-8-3-2-4-9-6;1-2-3-6-4-7-5-8-6;1-2-3-6-7-4-5-8-6/h2*2-5,10H,6H2,1H3;4,6-7H,3,5H2,1-2H3;3*5H,3-4H2,1-2H3;2*2-3,5,7H,4H2,1H3;2-4,7H,5H2,1H3;2*4-5H,2-3H2,1H3. The van der Waals surface area contributed by atoms with Crippen molar-refractivity contribution in [1.82, 2.24) is 86.0 Å². The summed E-state index contributed by atoms with van der Waals surface area (Å²) in [6, 6.07) is 21.2. The molecule has 0 aliphatic carbocycles. The minimum Gasteiger partial charge on any atom is -0.449 e. The second kappa shape index (κ2) is 59.9. The number of aromatic nitrogens is 12. The third kappa shape index (κ3) is 46.5. The molecule has 11 aromatic rings. The van der Waals surface area contributed by atoms with Crippen molar-refractivity contribution in [1.29, 1.82) is 0 Å². The van der Waals surface area contributed by atoms with Crippen LogP contribution in [0.25, 0.3) is 0 Å². The number of nitrogens with zero attached hydrogens (tertiary/aromatic N) is 12. The smallest absolute Gasteiger partial charge is 0.194 e. The molecule has 0 amide bonds. The summed E-state index contributed by atoms with van der Waals surface area (Å²) in [7, 11) is 11.4. The van der Waals surface area contributed by atoms with Crippen LogP contribution in [0.3, 0.4) is 0 Å². The molecule has 22 nitrogen and oxygen atoms in total. The maximum absolute atomic E-state index is 12.7. The Morgan fingerprint density at radius 2 is 1.10 bits per heavy atom. The molecule has 5 N–H and O–H groups in total. The van der Waals surface area contributed by atoms with E-state index in [-0.39, 0.29) is 11.6 Å². The summed E-state index contributed by atoms with van der Waals surface area (Å²) in [6.07, 6.45) is 38.5. The molecule has 2 aromatic carbocycles. The molecular weight excluding hydrogens is 1260 g/mol. The second-order valence-corrected chi connectivity index (χ2v) is 21.5. The molecule has 0 radical (unpaired) electrons. The first-order valence-corrected chi connectivity index (χ1v) is 33.7. The Labute approximate surface area is 587 Å². The number of aryl methyl sites for hydroxylation is 10. The van der Waals surface area contributed by atoms with E-state index in [4.69, 9.17) is 22.1 Å². The Morgan fingerprint density at radius 1 is 0.455 bits per heavy atom. The van der Waals surface area contributed by atoms with Crippen LogP contribution < -0.4 is 26.6 Å². The molecule has 0 fully saturated rings. The molecule has 9 heterocycles. The Kier molecular flexibility index (Phi) is 53.0. The molecule has 0 unspecified atom stereocenters. The van der Waals surface area contributed by atoms with Gasteiger partial charge in [-0.25, -0.2) is 53.6 Å². The Morgan fingerprint density at radius 3 is 1.61 bits per heavy atom. The van der Waals surface area contributed by atoms with Crippen LogP contribution >= 0.6 is 0 Å². The van der Waals surface area contributed by atoms with Crippen molar-refractivity contribution in [2.75, 3.05) is 35.2 Å². The van der Waals surface area contributed by atoms with Crippen molar-refractivity contribution >= 4 is 0 Å². The first kappa shape index (κ1) is 87.7. The molecule has 0 spiro atoms. The molecule has 0 saturated heterocycles. The minimum atomic E-state index is -0.181. The Bertz CT molecular complexity index is 3250. The fourth-order valence-electron chi connectivity index (χ4n) is 7.87. The molecule has 0 bridgehead atoms. The predicted molar refractivity (Wildman–Crippen MR) is 389 cm³/mol. The molecule has 540 valence electrons. The molecule has 11 rings (SSSR count). The van der Waals surface area contributed by atoms with E-state index >= 15 is 0 Å². The van der Waals surface area contributed by atoms with Crippen LogP contribution in [-0.2, 0) is 78.3 Å². The zero-order valence-corrected chi connectivity index (χ0v) is 61.3. The Hall–Kier alpha value is -9.33. The zero-order valence-electron chi connectivity index (χ0n) is 61.3. The molecule has 0 aliphatic rings. The number of rotatable bonds is 22. The highest BCUT2D eigenvalue weighted by Gasteiger charge is 2.00. The fraction of sp³-hybridized carbons (Fsp3) is 0.427. The second-order valence-electron chi connectivity index (χ2n) is 21.5. The first-order valence-electron chi connectivity index (χ1n) is 33.7. The summed E-state index contributed by atoms with van der Waals surface area (Å²) in [5, 5.41) is 14.8. The van der Waals surface area contributed by atoms with E-state index in [0.717, 1.165) is 160 Å². The van der Waals surface area contributed by atoms with E-state index in [1.165, 1.54) is 43.1 Å². The van der Waals surface area contributed by atoms with E-state index in [1.807, 2.05) is 61.1 Å².